The first-order valence-electron chi connectivity index (χ1n) is 5.75. The van der Waals surface area contributed by atoms with E-state index in [-0.39, 0.29) is 0 Å². The van der Waals surface area contributed by atoms with E-state index >= 15 is 0 Å². The summed E-state index contributed by atoms with van der Waals surface area (Å²) in [5.74, 6) is -1.87. The Hall–Kier alpha value is -2.12. The van der Waals surface area contributed by atoms with Gasteiger partial charge in [0, 0.05) is 4.92 Å². The highest BCUT2D eigenvalue weighted by Gasteiger charge is 2.40. The summed E-state index contributed by atoms with van der Waals surface area (Å²) in [4.78, 5) is 19.1. The number of hydrogen-bond donors (Lipinski definition) is 1. The maximum Gasteiger partial charge on any atom is 0.471 e. The second-order valence-corrected chi connectivity index (χ2v) is 4.20. The number of amides is 1. The normalized spacial score (nSPS) is 16.7. The monoisotopic (exact) mass is 290 g/mol. The third-order valence-corrected chi connectivity index (χ3v) is 2.70. The average molecular weight is 290 g/mol. The molecule has 0 saturated heterocycles. The lowest BCUT2D eigenvalue weighted by Crippen LogP contribution is -2.38. The van der Waals surface area contributed by atoms with Crippen LogP contribution in [0, 0.1) is 10.1 Å². The fraction of sp³-hybridized carbons (Fsp3) is 0.417. The molecule has 1 aliphatic carbocycles. The topological polar surface area (TPSA) is 72.2 Å². The maximum atomic E-state index is 12.1. The highest BCUT2D eigenvalue weighted by Crippen LogP contribution is 2.31. The van der Waals surface area contributed by atoms with Crippen LogP contribution in [-0.2, 0) is 11.2 Å². The third kappa shape index (κ3) is 4.52. The SMILES string of the molecule is C[N+](=O)[O-].O=C(NC1CCc2ccccc21)C(F)(F)F. The van der Waals surface area contributed by atoms with Crippen LogP contribution in [0.4, 0.5) is 13.2 Å². The zero-order valence-corrected chi connectivity index (χ0v) is 10.6. The molecule has 5 nitrogen and oxygen atoms in total. The zero-order valence-electron chi connectivity index (χ0n) is 10.6. The zero-order chi connectivity index (χ0) is 15.3. The number of carbonyl (C=O) groups is 1. The summed E-state index contributed by atoms with van der Waals surface area (Å²) in [5.41, 5.74) is 1.80. The van der Waals surface area contributed by atoms with E-state index in [4.69, 9.17) is 10.1 Å². The molecule has 0 spiro atoms. The second-order valence-electron chi connectivity index (χ2n) is 4.20. The molecule has 1 N–H and O–H groups in total. The van der Waals surface area contributed by atoms with E-state index in [1.807, 2.05) is 17.4 Å². The van der Waals surface area contributed by atoms with E-state index in [1.165, 1.54) is 0 Å². The minimum atomic E-state index is -4.81. The minimum absolute atomic E-state index is 0.500. The van der Waals surface area contributed by atoms with E-state index in [1.54, 1.807) is 12.1 Å². The standard InChI is InChI=1S/C11H10F3NO.CH3NO2/c12-11(13,14)10(16)15-9-6-5-7-3-1-2-4-8(7)9;1-2(3)4/h1-4,9H,5-6H2,(H,15,16);1H3. The lowest BCUT2D eigenvalue weighted by Gasteiger charge is -2.15. The summed E-state index contributed by atoms with van der Waals surface area (Å²) >= 11 is 0. The van der Waals surface area contributed by atoms with Gasteiger partial charge in [-0.3, -0.25) is 14.9 Å². The van der Waals surface area contributed by atoms with Gasteiger partial charge in [-0.25, -0.2) is 0 Å². The largest absolute Gasteiger partial charge is 0.471 e. The van der Waals surface area contributed by atoms with Crippen LogP contribution in [0.1, 0.15) is 23.6 Å². The minimum Gasteiger partial charge on any atom is -0.341 e. The molecule has 1 unspecified atom stereocenters. The molecule has 0 heterocycles. The number of nitrogens with zero attached hydrogens (tertiary/aromatic N) is 1. The van der Waals surface area contributed by atoms with Crippen molar-refractivity contribution in [2.75, 3.05) is 7.05 Å². The van der Waals surface area contributed by atoms with Gasteiger partial charge in [0.1, 0.15) is 0 Å². The first-order valence-corrected chi connectivity index (χ1v) is 5.75. The Morgan fingerprint density at radius 3 is 2.50 bits per heavy atom. The van der Waals surface area contributed by atoms with Crippen molar-refractivity contribution in [3.63, 3.8) is 0 Å². The van der Waals surface area contributed by atoms with Gasteiger partial charge in [0.25, 0.3) is 0 Å². The van der Waals surface area contributed by atoms with Gasteiger partial charge in [0.15, 0.2) is 7.05 Å². The highest BCUT2D eigenvalue weighted by molar-refractivity contribution is 5.82. The number of nitrogens with one attached hydrogen (secondary N) is 1. The summed E-state index contributed by atoms with van der Waals surface area (Å²) in [7, 11) is 0.889. The van der Waals surface area contributed by atoms with Gasteiger partial charge in [0.05, 0.1) is 6.04 Å². The lowest BCUT2D eigenvalue weighted by molar-refractivity contribution is -0.445. The van der Waals surface area contributed by atoms with Crippen molar-refractivity contribution in [2.45, 2.75) is 25.1 Å². The van der Waals surface area contributed by atoms with Crippen LogP contribution in [0.5, 0.6) is 0 Å². The molecule has 0 fully saturated rings. The summed E-state index contributed by atoms with van der Waals surface area (Å²) in [5, 5.41) is 10.8. The van der Waals surface area contributed by atoms with E-state index in [0.717, 1.165) is 18.2 Å². The van der Waals surface area contributed by atoms with Crippen molar-refractivity contribution < 1.29 is 22.9 Å². The van der Waals surface area contributed by atoms with E-state index in [9.17, 15) is 18.0 Å². The van der Waals surface area contributed by atoms with Gasteiger partial charge in [-0.15, -0.1) is 0 Å². The van der Waals surface area contributed by atoms with Crippen LogP contribution < -0.4 is 5.32 Å². The first kappa shape index (κ1) is 15.9. The number of alkyl halides is 3. The quantitative estimate of drug-likeness (QED) is 0.637. The number of fused-ring (bicyclic) bond motifs is 1. The average Bonchev–Trinajstić information content (AvgIpc) is 2.71. The number of benzene rings is 1. The van der Waals surface area contributed by atoms with Crippen LogP contribution in [0.3, 0.4) is 0 Å². The number of halogens is 3. The number of carbonyl (C=O) groups excluding carboxylic acids is 1. The molecule has 1 aromatic carbocycles. The summed E-state index contributed by atoms with van der Waals surface area (Å²) in [6, 6.07) is 6.72. The predicted molar refractivity (Wildman–Crippen MR) is 64.6 cm³/mol. The molecule has 1 aliphatic rings. The molecule has 110 valence electrons. The smallest absolute Gasteiger partial charge is 0.341 e. The molecule has 0 aliphatic heterocycles. The molecule has 0 bridgehead atoms. The van der Waals surface area contributed by atoms with Gasteiger partial charge < -0.3 is 5.32 Å². The van der Waals surface area contributed by atoms with Crippen molar-refractivity contribution in [1.82, 2.24) is 5.32 Å². The maximum absolute atomic E-state index is 12.1. The first-order chi connectivity index (χ1) is 9.21. The Morgan fingerprint density at radius 1 is 1.40 bits per heavy atom. The summed E-state index contributed by atoms with van der Waals surface area (Å²) in [6.07, 6.45) is -3.57. The van der Waals surface area contributed by atoms with Crippen LogP contribution in [0.25, 0.3) is 0 Å². The number of nitro groups is 1. The molecular weight excluding hydrogens is 277 g/mol. The Kier molecular flexibility index (Phi) is 5.06. The number of aryl methyl sites for hydroxylation is 1. The lowest BCUT2D eigenvalue weighted by atomic mass is 10.1. The van der Waals surface area contributed by atoms with Crippen LogP contribution >= 0.6 is 0 Å². The highest BCUT2D eigenvalue weighted by atomic mass is 19.4. The van der Waals surface area contributed by atoms with Crippen molar-refractivity contribution in [1.29, 1.82) is 0 Å². The summed E-state index contributed by atoms with van der Waals surface area (Å²) < 4.78 is 36.2. The Morgan fingerprint density at radius 2 is 1.95 bits per heavy atom. The van der Waals surface area contributed by atoms with Gasteiger partial charge >= 0.3 is 12.1 Å². The fourth-order valence-electron chi connectivity index (χ4n) is 1.95. The van der Waals surface area contributed by atoms with Crippen LogP contribution in [-0.4, -0.2) is 24.1 Å². The van der Waals surface area contributed by atoms with Gasteiger partial charge in [-0.1, -0.05) is 24.3 Å². The van der Waals surface area contributed by atoms with Crippen molar-refractivity contribution >= 4 is 5.91 Å². The molecular formula is C12H13F3N2O3. The van der Waals surface area contributed by atoms with Crippen LogP contribution in [0.15, 0.2) is 24.3 Å². The molecule has 8 heteroatoms. The molecule has 2 rings (SSSR count). The van der Waals surface area contributed by atoms with E-state index in [2.05, 4.69) is 0 Å². The second kappa shape index (κ2) is 6.36. The molecule has 1 aromatic rings. The Bertz CT molecular complexity index is 499. The molecule has 0 radical (unpaired) electrons. The Balaban J connectivity index is 0.000000444. The fourth-order valence-corrected chi connectivity index (χ4v) is 1.95. The number of rotatable bonds is 1. The molecule has 0 saturated carbocycles. The van der Waals surface area contributed by atoms with Crippen molar-refractivity contribution in [3.8, 4) is 0 Å². The molecule has 0 aromatic heterocycles. The number of hydrogen-bond acceptors (Lipinski definition) is 3. The van der Waals surface area contributed by atoms with Gasteiger partial charge in [-0.05, 0) is 24.0 Å². The van der Waals surface area contributed by atoms with Crippen molar-refractivity contribution in [2.24, 2.45) is 0 Å². The van der Waals surface area contributed by atoms with E-state index in [0.29, 0.717) is 12.8 Å². The van der Waals surface area contributed by atoms with Crippen molar-refractivity contribution in [3.05, 3.63) is 45.5 Å². The predicted octanol–water partition coefficient (Wildman–Crippen LogP) is 2.25. The molecule has 1 amide bonds. The van der Waals surface area contributed by atoms with Gasteiger partial charge in [-0.2, -0.15) is 13.2 Å². The van der Waals surface area contributed by atoms with E-state index < -0.39 is 23.0 Å². The molecule has 1 atom stereocenters. The third-order valence-electron chi connectivity index (χ3n) is 2.70. The van der Waals surface area contributed by atoms with Crippen LogP contribution in [0.2, 0.25) is 0 Å². The molecule has 20 heavy (non-hydrogen) atoms. The summed E-state index contributed by atoms with van der Waals surface area (Å²) in [6.45, 7) is 0. The Labute approximate surface area is 112 Å². The van der Waals surface area contributed by atoms with Gasteiger partial charge in [0.2, 0.25) is 0 Å².